The first-order valence-electron chi connectivity index (χ1n) is 11.2. The maximum absolute atomic E-state index is 14.0. The lowest BCUT2D eigenvalue weighted by atomic mass is 9.94. The van der Waals surface area contributed by atoms with Crippen molar-refractivity contribution in [2.75, 3.05) is 13.2 Å². The summed E-state index contributed by atoms with van der Waals surface area (Å²) in [5.74, 6) is -0.339. The van der Waals surface area contributed by atoms with Crippen LogP contribution in [-0.2, 0) is 15.6 Å². The molecule has 1 saturated heterocycles. The van der Waals surface area contributed by atoms with Gasteiger partial charge in [-0.2, -0.15) is 0 Å². The molecule has 31 heavy (non-hydrogen) atoms. The monoisotopic (exact) mass is 453 g/mol. The molecule has 0 bridgehead atoms. The van der Waals surface area contributed by atoms with Crippen LogP contribution in [-0.4, -0.2) is 49.2 Å². The lowest BCUT2D eigenvalue weighted by Crippen LogP contribution is -2.42. The summed E-state index contributed by atoms with van der Waals surface area (Å²) in [6.45, 7) is 17.4. The number of aliphatic hydroxyl groups excluding tert-OH is 1. The average molecular weight is 454 g/mol. The molecule has 1 aliphatic heterocycles. The molecule has 0 aromatic heterocycles. The molecule has 1 unspecified atom stereocenters. The van der Waals surface area contributed by atoms with Crippen molar-refractivity contribution in [3.8, 4) is 0 Å². The Kier molecular flexibility index (Phi) is 7.98. The van der Waals surface area contributed by atoms with Crippen molar-refractivity contribution in [3.05, 3.63) is 35.1 Å². The van der Waals surface area contributed by atoms with Gasteiger partial charge in [0, 0.05) is 13.2 Å². The number of rotatable bonds is 6. The van der Waals surface area contributed by atoms with Crippen LogP contribution in [0.3, 0.4) is 0 Å². The van der Waals surface area contributed by atoms with E-state index in [1.807, 2.05) is 20.8 Å². The third-order valence-corrected chi connectivity index (χ3v) is 10.9. The Morgan fingerprint density at radius 1 is 1.26 bits per heavy atom. The van der Waals surface area contributed by atoms with Gasteiger partial charge in [0.2, 0.25) is 0 Å². The summed E-state index contributed by atoms with van der Waals surface area (Å²) in [7, 11) is -1.92. The number of hydrogen-bond donors (Lipinski definition) is 1. The molecule has 176 valence electrons. The largest absolute Gasteiger partial charge is 0.444 e. The molecule has 1 heterocycles. The summed E-state index contributed by atoms with van der Waals surface area (Å²) in [5, 5.41) is 11.3. The van der Waals surface area contributed by atoms with Crippen molar-refractivity contribution in [3.63, 3.8) is 0 Å². The van der Waals surface area contributed by atoms with Gasteiger partial charge in [0.15, 0.2) is 8.32 Å². The van der Waals surface area contributed by atoms with E-state index in [9.17, 15) is 14.3 Å². The molecule has 2 atom stereocenters. The van der Waals surface area contributed by atoms with Crippen LogP contribution < -0.4 is 0 Å². The minimum Gasteiger partial charge on any atom is -0.444 e. The summed E-state index contributed by atoms with van der Waals surface area (Å²) in [6.07, 6.45) is 0.664. The number of hydrogen-bond acceptors (Lipinski definition) is 4. The fraction of sp³-hybridized carbons (Fsp3) is 0.708. The van der Waals surface area contributed by atoms with E-state index in [1.54, 1.807) is 11.0 Å². The normalized spacial score (nSPS) is 18.9. The van der Waals surface area contributed by atoms with E-state index >= 15 is 0 Å². The maximum Gasteiger partial charge on any atom is 0.410 e. The molecular weight excluding hydrogens is 413 g/mol. The molecule has 1 amide bonds. The van der Waals surface area contributed by atoms with Crippen LogP contribution >= 0.6 is 0 Å². The molecule has 0 saturated carbocycles. The summed E-state index contributed by atoms with van der Waals surface area (Å²) in [6, 6.07) is 4.08. The van der Waals surface area contributed by atoms with Gasteiger partial charge in [0.05, 0.1) is 12.1 Å². The number of benzene rings is 1. The van der Waals surface area contributed by atoms with E-state index in [1.165, 1.54) is 12.1 Å². The number of carbonyl (C=O) groups excluding carboxylic acids is 1. The third kappa shape index (κ3) is 6.77. The first-order valence-corrected chi connectivity index (χ1v) is 14.1. The van der Waals surface area contributed by atoms with Gasteiger partial charge in [-0.05, 0) is 81.4 Å². The molecule has 5 nitrogen and oxygen atoms in total. The van der Waals surface area contributed by atoms with E-state index in [0.717, 1.165) is 12.0 Å². The number of likely N-dealkylation sites (tertiary alicyclic amines) is 1. The SMILES string of the molecule is CC(C)(C)OC(=O)N1CCC[C@H]1C(O)c1ccc(F)cc1CCO[Si](C)(C)C(C)(C)C. The Bertz CT molecular complexity index is 770. The second kappa shape index (κ2) is 9.59. The lowest BCUT2D eigenvalue weighted by Gasteiger charge is -2.36. The molecule has 1 aromatic carbocycles. The maximum atomic E-state index is 14.0. The zero-order valence-electron chi connectivity index (χ0n) is 20.4. The Morgan fingerprint density at radius 2 is 1.90 bits per heavy atom. The van der Waals surface area contributed by atoms with Gasteiger partial charge in [-0.15, -0.1) is 0 Å². The average Bonchev–Trinajstić information content (AvgIpc) is 3.08. The molecule has 7 heteroatoms. The smallest absolute Gasteiger partial charge is 0.410 e. The minimum absolute atomic E-state index is 0.0923. The molecule has 0 spiro atoms. The van der Waals surface area contributed by atoms with Crippen molar-refractivity contribution < 1.29 is 23.5 Å². The Morgan fingerprint density at radius 3 is 2.48 bits per heavy atom. The van der Waals surface area contributed by atoms with E-state index in [4.69, 9.17) is 9.16 Å². The summed E-state index contributed by atoms with van der Waals surface area (Å²) < 4.78 is 25.8. The molecular formula is C24H40FNO4Si. The van der Waals surface area contributed by atoms with Gasteiger partial charge in [0.25, 0.3) is 0 Å². The van der Waals surface area contributed by atoms with Crippen LogP contribution in [0, 0.1) is 5.82 Å². The number of carbonyl (C=O) groups is 1. The fourth-order valence-electron chi connectivity index (χ4n) is 3.59. The highest BCUT2D eigenvalue weighted by atomic mass is 28.4. The zero-order valence-corrected chi connectivity index (χ0v) is 21.4. The topological polar surface area (TPSA) is 59.0 Å². The van der Waals surface area contributed by atoms with Crippen LogP contribution in [0.25, 0.3) is 0 Å². The Hall–Kier alpha value is -1.44. The second-order valence-electron chi connectivity index (χ2n) is 11.0. The van der Waals surface area contributed by atoms with Crippen LogP contribution in [0.1, 0.15) is 71.6 Å². The van der Waals surface area contributed by atoms with E-state index in [-0.39, 0.29) is 16.9 Å². The molecule has 1 aromatic rings. The number of ether oxygens (including phenoxy) is 1. The zero-order chi connectivity index (χ0) is 23.6. The third-order valence-electron chi connectivity index (χ3n) is 6.36. The van der Waals surface area contributed by atoms with Crippen molar-refractivity contribution in [2.24, 2.45) is 0 Å². The van der Waals surface area contributed by atoms with Gasteiger partial charge in [0.1, 0.15) is 11.4 Å². The number of nitrogens with zero attached hydrogens (tertiary/aromatic N) is 1. The Labute approximate surface area is 188 Å². The highest BCUT2D eigenvalue weighted by Crippen LogP contribution is 2.37. The number of halogens is 1. The summed E-state index contributed by atoms with van der Waals surface area (Å²) in [5.41, 5.74) is 0.778. The highest BCUT2D eigenvalue weighted by molar-refractivity contribution is 6.74. The summed E-state index contributed by atoms with van der Waals surface area (Å²) >= 11 is 0. The minimum atomic E-state index is -1.92. The van der Waals surface area contributed by atoms with E-state index < -0.39 is 26.1 Å². The van der Waals surface area contributed by atoms with Crippen molar-refractivity contribution in [1.82, 2.24) is 4.90 Å². The van der Waals surface area contributed by atoms with Crippen molar-refractivity contribution in [2.45, 2.75) is 96.7 Å². The van der Waals surface area contributed by atoms with E-state index in [0.29, 0.717) is 31.6 Å². The highest BCUT2D eigenvalue weighted by Gasteiger charge is 2.39. The van der Waals surface area contributed by atoms with Crippen LogP contribution in [0.15, 0.2) is 18.2 Å². The van der Waals surface area contributed by atoms with Crippen LogP contribution in [0.5, 0.6) is 0 Å². The molecule has 0 aliphatic carbocycles. The molecule has 1 aliphatic rings. The number of aliphatic hydroxyl groups is 1. The molecule has 1 fully saturated rings. The van der Waals surface area contributed by atoms with Gasteiger partial charge < -0.3 is 19.2 Å². The fourth-order valence-corrected chi connectivity index (χ4v) is 4.63. The lowest BCUT2D eigenvalue weighted by molar-refractivity contribution is 0.00471. The quantitative estimate of drug-likeness (QED) is 0.551. The van der Waals surface area contributed by atoms with Gasteiger partial charge in [-0.1, -0.05) is 26.8 Å². The van der Waals surface area contributed by atoms with Gasteiger partial charge >= 0.3 is 6.09 Å². The van der Waals surface area contributed by atoms with Gasteiger partial charge in [-0.25, -0.2) is 9.18 Å². The Balaban J connectivity index is 2.17. The predicted octanol–water partition coefficient (Wildman–Crippen LogP) is 5.82. The van der Waals surface area contributed by atoms with Crippen molar-refractivity contribution >= 4 is 14.4 Å². The van der Waals surface area contributed by atoms with Gasteiger partial charge in [-0.3, -0.25) is 0 Å². The second-order valence-corrected chi connectivity index (χ2v) is 15.8. The van der Waals surface area contributed by atoms with E-state index in [2.05, 4.69) is 33.9 Å². The van der Waals surface area contributed by atoms with Crippen LogP contribution in [0.4, 0.5) is 9.18 Å². The first kappa shape index (κ1) is 25.8. The predicted molar refractivity (Wildman–Crippen MR) is 124 cm³/mol. The number of amides is 1. The molecule has 2 rings (SSSR count). The van der Waals surface area contributed by atoms with Crippen molar-refractivity contribution in [1.29, 1.82) is 0 Å². The first-order chi connectivity index (χ1) is 14.1. The standard InChI is InChI=1S/C24H40FNO4Si/c1-23(2,3)30-22(28)26-14-9-10-20(26)21(27)19-12-11-18(25)16-17(19)13-15-29-31(7,8)24(4,5)6/h11-12,16,20-21,27H,9-10,13-15H2,1-8H3/t20-,21?/m0/s1. The van der Waals surface area contributed by atoms with Crippen LogP contribution in [0.2, 0.25) is 18.1 Å². The molecule has 1 N–H and O–H groups in total. The molecule has 0 radical (unpaired) electrons. The summed E-state index contributed by atoms with van der Waals surface area (Å²) in [4.78, 5) is 14.2.